The molecule has 0 aromatic rings. The minimum atomic E-state index is -2.08. The average Bonchev–Trinajstić information content (AvgIpc) is 1.68. The summed E-state index contributed by atoms with van der Waals surface area (Å²) in [5, 5.41) is 0. The van der Waals surface area contributed by atoms with Crippen LogP contribution in [0.1, 0.15) is 6.92 Å². The van der Waals surface area contributed by atoms with Crippen LogP contribution in [0.4, 0.5) is 8.78 Å². The molecule has 44 valence electrons. The number of hydrogen-bond donors (Lipinski definition) is 0. The van der Waals surface area contributed by atoms with Crippen LogP contribution in [-0.2, 0) is 4.74 Å². The first kappa shape index (κ1) is 6.82. The molecule has 0 saturated heterocycles. The van der Waals surface area contributed by atoms with E-state index in [0.717, 1.165) is 14.0 Å². The molecule has 0 aromatic carbocycles. The second kappa shape index (κ2) is 2.21. The van der Waals surface area contributed by atoms with Crippen molar-refractivity contribution in [3.8, 4) is 0 Å². The van der Waals surface area contributed by atoms with Gasteiger partial charge >= 0.3 is 0 Å². The van der Waals surface area contributed by atoms with Crippen LogP contribution in [0.5, 0.6) is 0 Å². The highest BCUT2D eigenvalue weighted by molar-refractivity contribution is 4.54. The summed E-state index contributed by atoms with van der Waals surface area (Å²) in [4.78, 5) is 0. The van der Waals surface area contributed by atoms with Gasteiger partial charge in [-0.25, -0.2) is 8.78 Å². The maximum absolute atomic E-state index is 12.0. The molecule has 0 radical (unpaired) electrons. The van der Waals surface area contributed by atoms with Crippen LogP contribution in [0.25, 0.3) is 0 Å². The SMILES string of the molecule is COC(C)(F)CF. The first-order valence-corrected chi connectivity index (χ1v) is 1.92. The van der Waals surface area contributed by atoms with Crippen molar-refractivity contribution in [2.45, 2.75) is 12.8 Å². The third-order valence-electron chi connectivity index (χ3n) is 0.664. The fraction of sp³-hybridized carbons (Fsp3) is 1.00. The Morgan fingerprint density at radius 2 is 2.14 bits per heavy atom. The standard InChI is InChI=1S/C4H8F2O/c1-4(6,3-5)7-2/h3H2,1-2H3. The highest BCUT2D eigenvalue weighted by Gasteiger charge is 2.20. The lowest BCUT2D eigenvalue weighted by Crippen LogP contribution is -2.22. The molecule has 1 atom stereocenters. The van der Waals surface area contributed by atoms with Crippen LogP contribution >= 0.6 is 0 Å². The van der Waals surface area contributed by atoms with Crippen LogP contribution in [0.15, 0.2) is 0 Å². The molecule has 0 aliphatic carbocycles. The first-order chi connectivity index (χ1) is 3.12. The molecule has 1 nitrogen and oxygen atoms in total. The quantitative estimate of drug-likeness (QED) is 0.520. The topological polar surface area (TPSA) is 9.23 Å². The molecular weight excluding hydrogens is 102 g/mol. The van der Waals surface area contributed by atoms with Gasteiger partial charge in [-0.2, -0.15) is 0 Å². The summed E-state index contributed by atoms with van der Waals surface area (Å²) in [7, 11) is 1.12. The van der Waals surface area contributed by atoms with Crippen LogP contribution in [-0.4, -0.2) is 19.6 Å². The fourth-order valence-electron chi connectivity index (χ4n) is 0.0546. The normalized spacial score (nSPS) is 18.9. The molecule has 0 aliphatic heterocycles. The summed E-state index contributed by atoms with van der Waals surface area (Å²) in [6.45, 7) is -0.0590. The lowest BCUT2D eigenvalue weighted by atomic mass is 10.4. The monoisotopic (exact) mass is 110 g/mol. The Bertz CT molecular complexity index is 47.7. The second-order valence-electron chi connectivity index (χ2n) is 1.44. The number of ether oxygens (including phenoxy) is 1. The van der Waals surface area contributed by atoms with Gasteiger partial charge in [-0.1, -0.05) is 0 Å². The van der Waals surface area contributed by atoms with Crippen molar-refractivity contribution >= 4 is 0 Å². The maximum Gasteiger partial charge on any atom is 0.234 e. The molecule has 0 spiro atoms. The Morgan fingerprint density at radius 3 is 2.14 bits per heavy atom. The van der Waals surface area contributed by atoms with Gasteiger partial charge in [0.25, 0.3) is 0 Å². The van der Waals surface area contributed by atoms with E-state index in [4.69, 9.17) is 0 Å². The Kier molecular flexibility index (Phi) is 2.15. The number of halogens is 2. The molecule has 0 heterocycles. The number of rotatable bonds is 2. The largest absolute Gasteiger partial charge is 0.347 e. The van der Waals surface area contributed by atoms with Crippen molar-refractivity contribution < 1.29 is 13.5 Å². The van der Waals surface area contributed by atoms with Crippen molar-refractivity contribution in [3.05, 3.63) is 0 Å². The zero-order chi connectivity index (χ0) is 5.91. The number of hydrogen-bond acceptors (Lipinski definition) is 1. The average molecular weight is 110 g/mol. The van der Waals surface area contributed by atoms with Gasteiger partial charge in [-0.15, -0.1) is 0 Å². The van der Waals surface area contributed by atoms with Gasteiger partial charge in [0, 0.05) is 7.11 Å². The van der Waals surface area contributed by atoms with E-state index in [-0.39, 0.29) is 0 Å². The smallest absolute Gasteiger partial charge is 0.234 e. The number of methoxy groups -OCH3 is 1. The third-order valence-corrected chi connectivity index (χ3v) is 0.664. The minimum absolute atomic E-state index is 1.03. The van der Waals surface area contributed by atoms with Gasteiger partial charge in [0.2, 0.25) is 5.85 Å². The third kappa shape index (κ3) is 2.51. The molecule has 0 amide bonds. The molecule has 3 heteroatoms. The Hall–Kier alpha value is -0.180. The van der Waals surface area contributed by atoms with E-state index in [0.29, 0.717) is 0 Å². The molecule has 0 N–H and O–H groups in total. The van der Waals surface area contributed by atoms with Crippen molar-refractivity contribution in [2.24, 2.45) is 0 Å². The molecule has 0 fully saturated rings. The van der Waals surface area contributed by atoms with Crippen LogP contribution in [0.3, 0.4) is 0 Å². The maximum atomic E-state index is 12.0. The summed E-state index contributed by atoms with van der Waals surface area (Å²) in [6, 6.07) is 0. The van der Waals surface area contributed by atoms with Gasteiger partial charge in [0.1, 0.15) is 6.67 Å². The summed E-state index contributed by atoms with van der Waals surface area (Å²) in [6.07, 6.45) is 0. The van der Waals surface area contributed by atoms with E-state index in [1.165, 1.54) is 0 Å². The molecule has 0 rings (SSSR count). The molecule has 0 aromatic heterocycles. The fourth-order valence-corrected chi connectivity index (χ4v) is 0.0546. The van der Waals surface area contributed by atoms with E-state index < -0.39 is 12.5 Å². The summed E-state index contributed by atoms with van der Waals surface area (Å²) in [5.41, 5.74) is 0. The van der Waals surface area contributed by atoms with E-state index in [9.17, 15) is 8.78 Å². The highest BCUT2D eigenvalue weighted by Crippen LogP contribution is 2.09. The molecular formula is C4H8F2O. The van der Waals surface area contributed by atoms with Gasteiger partial charge in [0.15, 0.2) is 0 Å². The predicted molar refractivity (Wildman–Crippen MR) is 22.5 cm³/mol. The van der Waals surface area contributed by atoms with Gasteiger partial charge in [-0.3, -0.25) is 0 Å². The Labute approximate surface area is 41.3 Å². The highest BCUT2D eigenvalue weighted by atomic mass is 19.2. The van der Waals surface area contributed by atoms with Crippen molar-refractivity contribution in [3.63, 3.8) is 0 Å². The van der Waals surface area contributed by atoms with Gasteiger partial charge in [-0.05, 0) is 6.92 Å². The number of alkyl halides is 2. The van der Waals surface area contributed by atoms with E-state index >= 15 is 0 Å². The van der Waals surface area contributed by atoms with Gasteiger partial charge < -0.3 is 4.74 Å². The minimum Gasteiger partial charge on any atom is -0.347 e. The first-order valence-electron chi connectivity index (χ1n) is 1.92. The van der Waals surface area contributed by atoms with Crippen molar-refractivity contribution in [2.75, 3.05) is 13.8 Å². The molecule has 0 aliphatic rings. The molecule has 1 unspecified atom stereocenters. The van der Waals surface area contributed by atoms with Crippen LogP contribution in [0.2, 0.25) is 0 Å². The summed E-state index contributed by atoms with van der Waals surface area (Å²) in [5.74, 6) is -2.08. The van der Waals surface area contributed by atoms with Crippen molar-refractivity contribution in [1.29, 1.82) is 0 Å². The van der Waals surface area contributed by atoms with Crippen LogP contribution < -0.4 is 0 Å². The summed E-state index contributed by atoms with van der Waals surface area (Å²) < 4.78 is 27.3. The molecule has 7 heavy (non-hydrogen) atoms. The zero-order valence-electron chi connectivity index (χ0n) is 4.37. The van der Waals surface area contributed by atoms with E-state index in [2.05, 4.69) is 4.74 Å². The van der Waals surface area contributed by atoms with Crippen LogP contribution in [0, 0.1) is 0 Å². The van der Waals surface area contributed by atoms with E-state index in [1.807, 2.05) is 0 Å². The van der Waals surface area contributed by atoms with E-state index in [1.54, 1.807) is 0 Å². The lowest BCUT2D eigenvalue weighted by molar-refractivity contribution is -0.118. The van der Waals surface area contributed by atoms with Crippen molar-refractivity contribution in [1.82, 2.24) is 0 Å². The zero-order valence-corrected chi connectivity index (χ0v) is 4.37. The second-order valence-corrected chi connectivity index (χ2v) is 1.44. The predicted octanol–water partition coefficient (Wildman–Crippen LogP) is 1.29. The summed E-state index contributed by atoms with van der Waals surface area (Å²) >= 11 is 0. The Balaban J connectivity index is 3.36. The molecule has 0 bridgehead atoms. The Morgan fingerprint density at radius 1 is 1.71 bits per heavy atom. The van der Waals surface area contributed by atoms with Gasteiger partial charge in [0.05, 0.1) is 0 Å². The lowest BCUT2D eigenvalue weighted by Gasteiger charge is -2.11. The molecule has 0 saturated carbocycles.